The number of hydrogen-bond donors (Lipinski definition) is 0. The van der Waals surface area contributed by atoms with Gasteiger partial charge in [-0.1, -0.05) is 45.7 Å². The summed E-state index contributed by atoms with van der Waals surface area (Å²) >= 11 is 16.0. The Hall–Kier alpha value is -0.500. The van der Waals surface area contributed by atoms with Gasteiger partial charge in [0.05, 0.1) is 5.38 Å². The van der Waals surface area contributed by atoms with Crippen LogP contribution in [0.1, 0.15) is 27.6 Å². The van der Waals surface area contributed by atoms with Crippen molar-refractivity contribution in [2.75, 3.05) is 0 Å². The Morgan fingerprint density at radius 3 is 2.22 bits per heavy atom. The molecule has 0 N–H and O–H groups in total. The van der Waals surface area contributed by atoms with E-state index < -0.39 is 0 Å². The van der Waals surface area contributed by atoms with Crippen LogP contribution in [0.2, 0.25) is 5.02 Å². The molecule has 1 unspecified atom stereocenters. The van der Waals surface area contributed by atoms with E-state index in [4.69, 9.17) is 23.2 Å². The lowest BCUT2D eigenvalue weighted by atomic mass is 9.98. The van der Waals surface area contributed by atoms with Crippen molar-refractivity contribution in [3.05, 3.63) is 68.1 Å². The molecule has 0 aliphatic carbocycles. The van der Waals surface area contributed by atoms with Gasteiger partial charge in [0, 0.05) is 9.50 Å². The van der Waals surface area contributed by atoms with E-state index in [0.29, 0.717) is 0 Å². The molecule has 3 heteroatoms. The van der Waals surface area contributed by atoms with Gasteiger partial charge in [0.1, 0.15) is 0 Å². The predicted octanol–water partition coefficient (Wildman–Crippen LogP) is 6.05. The van der Waals surface area contributed by atoms with Crippen molar-refractivity contribution < 1.29 is 0 Å². The van der Waals surface area contributed by atoms with Crippen LogP contribution in [0.5, 0.6) is 0 Å². The minimum absolute atomic E-state index is 0.144. The predicted molar refractivity (Wildman–Crippen MR) is 82.8 cm³/mol. The summed E-state index contributed by atoms with van der Waals surface area (Å²) in [4.78, 5) is 0. The third-order valence-corrected chi connectivity index (χ3v) is 4.58. The van der Waals surface area contributed by atoms with E-state index in [-0.39, 0.29) is 5.38 Å². The highest BCUT2D eigenvalue weighted by Gasteiger charge is 2.14. The normalized spacial score (nSPS) is 12.5. The number of alkyl halides is 1. The number of hydrogen-bond acceptors (Lipinski definition) is 0. The molecule has 1 atom stereocenters. The summed E-state index contributed by atoms with van der Waals surface area (Å²) in [5.41, 5.74) is 4.57. The highest BCUT2D eigenvalue weighted by atomic mass is 79.9. The fraction of sp³-hybridized carbons (Fsp3) is 0.200. The molecule has 0 fully saturated rings. The van der Waals surface area contributed by atoms with Crippen LogP contribution in [0.25, 0.3) is 0 Å². The lowest BCUT2D eigenvalue weighted by Crippen LogP contribution is -1.97. The molecule has 0 bridgehead atoms. The molecular formula is C15H13BrCl2. The summed E-state index contributed by atoms with van der Waals surface area (Å²) in [5.74, 6) is 0. The van der Waals surface area contributed by atoms with Gasteiger partial charge in [-0.25, -0.2) is 0 Å². The van der Waals surface area contributed by atoms with Crippen LogP contribution < -0.4 is 0 Å². The molecule has 94 valence electrons. The van der Waals surface area contributed by atoms with Crippen molar-refractivity contribution in [1.29, 1.82) is 0 Å². The molecule has 0 heterocycles. The molecule has 0 amide bonds. The maximum absolute atomic E-state index is 6.56. The molecule has 18 heavy (non-hydrogen) atoms. The molecule has 0 aliphatic heterocycles. The molecular weight excluding hydrogens is 331 g/mol. The Kier molecular flexibility index (Phi) is 4.37. The maximum atomic E-state index is 6.56. The summed E-state index contributed by atoms with van der Waals surface area (Å²) in [6, 6.07) is 11.9. The Morgan fingerprint density at radius 1 is 1.00 bits per heavy atom. The van der Waals surface area contributed by atoms with Crippen LogP contribution >= 0.6 is 39.1 Å². The molecule has 0 saturated heterocycles. The van der Waals surface area contributed by atoms with Crippen molar-refractivity contribution in [3.8, 4) is 0 Å². The molecule has 0 spiro atoms. The number of aryl methyl sites for hydroxylation is 2. The van der Waals surface area contributed by atoms with Gasteiger partial charge in [0.15, 0.2) is 0 Å². The van der Waals surface area contributed by atoms with Crippen molar-refractivity contribution in [2.45, 2.75) is 19.2 Å². The van der Waals surface area contributed by atoms with E-state index >= 15 is 0 Å². The third-order valence-electron chi connectivity index (χ3n) is 2.98. The van der Waals surface area contributed by atoms with Gasteiger partial charge < -0.3 is 0 Å². The summed E-state index contributed by atoms with van der Waals surface area (Å²) in [5, 5.41) is 0.584. The van der Waals surface area contributed by atoms with Gasteiger partial charge in [0.2, 0.25) is 0 Å². The van der Waals surface area contributed by atoms with Gasteiger partial charge in [-0.2, -0.15) is 0 Å². The van der Waals surface area contributed by atoms with Crippen molar-refractivity contribution in [2.24, 2.45) is 0 Å². The van der Waals surface area contributed by atoms with Crippen LogP contribution in [-0.2, 0) is 0 Å². The molecule has 0 aromatic heterocycles. The summed E-state index contributed by atoms with van der Waals surface area (Å²) in [6.45, 7) is 4.14. The zero-order valence-electron chi connectivity index (χ0n) is 10.2. The number of rotatable bonds is 2. The lowest BCUT2D eigenvalue weighted by molar-refractivity contribution is 1.10. The van der Waals surface area contributed by atoms with E-state index in [0.717, 1.165) is 20.6 Å². The largest absolute Gasteiger partial charge is 0.113 e. The third kappa shape index (κ3) is 2.90. The Morgan fingerprint density at radius 2 is 1.61 bits per heavy atom. The average Bonchev–Trinajstić information content (AvgIpc) is 2.34. The van der Waals surface area contributed by atoms with Crippen LogP contribution in [0.4, 0.5) is 0 Å². The van der Waals surface area contributed by atoms with Crippen LogP contribution in [0.15, 0.2) is 40.9 Å². The zero-order chi connectivity index (χ0) is 13.3. The van der Waals surface area contributed by atoms with Crippen LogP contribution in [-0.4, -0.2) is 0 Å². The second kappa shape index (κ2) is 5.64. The Labute approximate surface area is 126 Å². The first-order valence-electron chi connectivity index (χ1n) is 5.65. The van der Waals surface area contributed by atoms with E-state index in [2.05, 4.69) is 41.9 Å². The first-order valence-corrected chi connectivity index (χ1v) is 7.26. The fourth-order valence-electron chi connectivity index (χ4n) is 1.89. The van der Waals surface area contributed by atoms with Gasteiger partial charge in [-0.3, -0.25) is 0 Å². The van der Waals surface area contributed by atoms with Crippen LogP contribution in [0, 0.1) is 13.8 Å². The highest BCUT2D eigenvalue weighted by molar-refractivity contribution is 9.10. The second-order valence-electron chi connectivity index (χ2n) is 4.37. The monoisotopic (exact) mass is 342 g/mol. The molecule has 0 radical (unpaired) electrons. The Balaban J connectivity index is 2.42. The minimum Gasteiger partial charge on any atom is -0.113 e. The number of benzene rings is 2. The SMILES string of the molecule is Cc1cc(C(Cl)c2ccc(Cl)cc2)c(C)cc1Br. The maximum Gasteiger partial charge on any atom is 0.0838 e. The first kappa shape index (κ1) is 13.9. The van der Waals surface area contributed by atoms with Crippen molar-refractivity contribution in [3.63, 3.8) is 0 Å². The molecule has 2 aromatic rings. The van der Waals surface area contributed by atoms with Gasteiger partial charge >= 0.3 is 0 Å². The summed E-state index contributed by atoms with van der Waals surface area (Å²) in [6.07, 6.45) is 0. The van der Waals surface area contributed by atoms with Crippen molar-refractivity contribution >= 4 is 39.1 Å². The molecule has 0 aliphatic rings. The fourth-order valence-corrected chi connectivity index (χ4v) is 2.85. The van der Waals surface area contributed by atoms with Gasteiger partial charge in [-0.15, -0.1) is 11.6 Å². The molecule has 0 saturated carbocycles. The quantitative estimate of drug-likeness (QED) is 0.582. The Bertz CT molecular complexity index is 561. The van der Waals surface area contributed by atoms with E-state index in [1.54, 1.807) is 0 Å². The minimum atomic E-state index is -0.144. The first-order chi connectivity index (χ1) is 8.49. The van der Waals surface area contributed by atoms with E-state index in [1.807, 2.05) is 24.3 Å². The second-order valence-corrected chi connectivity index (χ2v) is 6.10. The van der Waals surface area contributed by atoms with E-state index in [1.165, 1.54) is 11.1 Å². The van der Waals surface area contributed by atoms with Gasteiger partial charge in [-0.05, 0) is 54.3 Å². The smallest absolute Gasteiger partial charge is 0.0838 e. The molecule has 2 aromatic carbocycles. The van der Waals surface area contributed by atoms with Gasteiger partial charge in [0.25, 0.3) is 0 Å². The van der Waals surface area contributed by atoms with Crippen LogP contribution in [0.3, 0.4) is 0 Å². The zero-order valence-corrected chi connectivity index (χ0v) is 13.3. The molecule has 2 rings (SSSR count). The number of halogens is 3. The van der Waals surface area contributed by atoms with Crippen molar-refractivity contribution in [1.82, 2.24) is 0 Å². The summed E-state index contributed by atoms with van der Waals surface area (Å²) in [7, 11) is 0. The lowest BCUT2D eigenvalue weighted by Gasteiger charge is -2.15. The standard InChI is InChI=1S/C15H13BrCl2/c1-9-8-14(16)10(2)7-13(9)15(18)11-3-5-12(17)6-4-11/h3-8,15H,1-2H3. The average molecular weight is 344 g/mol. The topological polar surface area (TPSA) is 0 Å². The van der Waals surface area contributed by atoms with E-state index in [9.17, 15) is 0 Å². The highest BCUT2D eigenvalue weighted by Crippen LogP contribution is 2.34. The summed E-state index contributed by atoms with van der Waals surface area (Å²) < 4.78 is 1.11. The molecule has 0 nitrogen and oxygen atoms in total.